The molecule has 2 aromatic carbocycles. The van der Waals surface area contributed by atoms with Crippen LogP contribution in [0.2, 0.25) is 0 Å². The van der Waals surface area contributed by atoms with Crippen molar-refractivity contribution < 1.29 is 18.0 Å². The Balaban J connectivity index is 0.000000792. The van der Waals surface area contributed by atoms with Crippen LogP contribution in [-0.2, 0) is 11.3 Å². The van der Waals surface area contributed by atoms with Gasteiger partial charge < -0.3 is 16.0 Å². The molecule has 1 unspecified atom stereocenters. The van der Waals surface area contributed by atoms with Gasteiger partial charge in [-0.3, -0.25) is 9.78 Å². The summed E-state index contributed by atoms with van der Waals surface area (Å²) in [6.45, 7) is 7.60. The van der Waals surface area contributed by atoms with Crippen LogP contribution < -0.4 is 16.0 Å². The van der Waals surface area contributed by atoms with E-state index in [0.717, 1.165) is 28.8 Å². The van der Waals surface area contributed by atoms with Crippen LogP contribution in [0.25, 0.3) is 0 Å². The van der Waals surface area contributed by atoms with Crippen molar-refractivity contribution in [1.29, 1.82) is 0 Å². The van der Waals surface area contributed by atoms with Gasteiger partial charge >= 0.3 is 6.18 Å². The zero-order valence-electron chi connectivity index (χ0n) is 23.2. The van der Waals surface area contributed by atoms with Gasteiger partial charge in [-0.25, -0.2) is 0 Å². The highest BCUT2D eigenvalue weighted by molar-refractivity contribution is 6.06. The predicted octanol–water partition coefficient (Wildman–Crippen LogP) is 7.58. The number of nitrogens with one attached hydrogen (secondary N) is 1. The molecule has 212 valence electrons. The van der Waals surface area contributed by atoms with Gasteiger partial charge in [-0.15, -0.1) is 0 Å². The number of nitrogens with zero attached hydrogens (tertiary/aromatic N) is 2. The zero-order chi connectivity index (χ0) is 29.3. The first-order valence-electron chi connectivity index (χ1n) is 13.4. The Morgan fingerprint density at radius 1 is 1.15 bits per heavy atom. The van der Waals surface area contributed by atoms with Gasteiger partial charge in [0.2, 0.25) is 0 Å². The number of benzene rings is 2. The molecule has 0 saturated heterocycles. The van der Waals surface area contributed by atoms with Crippen molar-refractivity contribution in [3.05, 3.63) is 114 Å². The molecular weight excluding hydrogens is 513 g/mol. The topological polar surface area (TPSA) is 71.2 Å². The van der Waals surface area contributed by atoms with Crippen molar-refractivity contribution in [3.8, 4) is 0 Å². The Bertz CT molecular complexity index is 1320. The van der Waals surface area contributed by atoms with E-state index in [4.69, 9.17) is 5.73 Å². The lowest BCUT2D eigenvalue weighted by Gasteiger charge is -2.24. The van der Waals surface area contributed by atoms with Crippen LogP contribution in [0.4, 0.5) is 24.5 Å². The smallest absolute Gasteiger partial charge is 0.340 e. The van der Waals surface area contributed by atoms with Gasteiger partial charge in [-0.05, 0) is 59.5 Å². The molecule has 1 aromatic heterocycles. The monoisotopic (exact) mass is 550 g/mol. The minimum absolute atomic E-state index is 0.0465. The van der Waals surface area contributed by atoms with E-state index in [-0.39, 0.29) is 18.2 Å². The van der Waals surface area contributed by atoms with E-state index in [9.17, 15) is 18.0 Å². The summed E-state index contributed by atoms with van der Waals surface area (Å²) in [5, 5.41) is 2.72. The number of hydrogen-bond donors (Lipinski definition) is 2. The fraction of sp³-hybridized carbons (Fsp3) is 0.312. The van der Waals surface area contributed by atoms with Gasteiger partial charge in [0.05, 0.1) is 5.57 Å². The van der Waals surface area contributed by atoms with Crippen molar-refractivity contribution >= 4 is 17.3 Å². The van der Waals surface area contributed by atoms with E-state index < -0.39 is 17.7 Å². The molecule has 3 aromatic rings. The molecule has 0 spiro atoms. The van der Waals surface area contributed by atoms with Gasteiger partial charge in [0, 0.05) is 42.8 Å². The van der Waals surface area contributed by atoms with E-state index in [1.165, 1.54) is 31.2 Å². The number of nitrogens with two attached hydrogens (primary N) is 1. The number of anilines is 2. The Morgan fingerprint density at radius 3 is 2.45 bits per heavy atom. The number of hydrogen-bond acceptors (Lipinski definition) is 4. The number of amides is 1. The van der Waals surface area contributed by atoms with Crippen molar-refractivity contribution in [2.75, 3.05) is 17.3 Å². The molecule has 4 rings (SSSR count). The maximum Gasteiger partial charge on any atom is 0.415 e. The number of pyridine rings is 1. The summed E-state index contributed by atoms with van der Waals surface area (Å²) in [6, 6.07) is 19.7. The number of aromatic nitrogens is 1. The molecule has 1 aliphatic carbocycles. The van der Waals surface area contributed by atoms with E-state index in [0.29, 0.717) is 11.4 Å². The lowest BCUT2D eigenvalue weighted by atomic mass is 9.97. The summed E-state index contributed by atoms with van der Waals surface area (Å²) in [5.74, 6) is 0.378. The van der Waals surface area contributed by atoms with Crippen LogP contribution in [-0.4, -0.2) is 24.1 Å². The normalized spacial score (nSPS) is 14.0. The first-order valence-corrected chi connectivity index (χ1v) is 13.4. The molecule has 1 fully saturated rings. The number of alkyl halides is 3. The van der Waals surface area contributed by atoms with Gasteiger partial charge in [0.1, 0.15) is 5.70 Å². The third kappa shape index (κ3) is 8.81. The molecule has 1 atom stereocenters. The lowest BCUT2D eigenvalue weighted by Crippen LogP contribution is -2.29. The van der Waals surface area contributed by atoms with Crippen LogP contribution in [0, 0.1) is 5.92 Å². The van der Waals surface area contributed by atoms with E-state index in [2.05, 4.69) is 23.8 Å². The molecule has 5 nitrogen and oxygen atoms in total. The largest absolute Gasteiger partial charge is 0.415 e. The van der Waals surface area contributed by atoms with Gasteiger partial charge in [-0.2, -0.15) is 13.2 Å². The second kappa shape index (κ2) is 13.9. The molecule has 0 aliphatic heterocycles. The highest BCUT2D eigenvalue weighted by atomic mass is 19.4. The minimum atomic E-state index is -4.68. The average Bonchev–Trinajstić information content (AvgIpc) is 3.80. The maximum absolute atomic E-state index is 13.3. The fourth-order valence-corrected chi connectivity index (χ4v) is 4.00. The van der Waals surface area contributed by atoms with Crippen molar-refractivity contribution in [2.24, 2.45) is 11.7 Å². The SMILES string of the molecule is C=C(/C=C(/C(=O)Nc1cccc(C(C)c2ccccn2)c1)N(C)c1cccc(CN)c1)C(F)(F)F.CCC1CC1. The molecule has 0 radical (unpaired) electrons. The average molecular weight is 551 g/mol. The molecule has 1 saturated carbocycles. The second-order valence-electron chi connectivity index (χ2n) is 9.89. The third-order valence-electron chi connectivity index (χ3n) is 6.85. The number of allylic oxidation sites excluding steroid dienone is 2. The van der Waals surface area contributed by atoms with Crippen LogP contribution in [0.3, 0.4) is 0 Å². The number of rotatable bonds is 9. The first kappa shape index (κ1) is 30.6. The summed E-state index contributed by atoms with van der Waals surface area (Å²) >= 11 is 0. The minimum Gasteiger partial charge on any atom is -0.340 e. The van der Waals surface area contributed by atoms with Crippen molar-refractivity contribution in [2.45, 2.75) is 51.7 Å². The quantitative estimate of drug-likeness (QED) is 0.213. The third-order valence-corrected chi connectivity index (χ3v) is 6.85. The van der Waals surface area contributed by atoms with Crippen LogP contribution in [0.15, 0.2) is 96.9 Å². The standard InChI is InChI=1S/C27H27F3N4O.C5H10/c1-18(27(28,29)30)14-25(34(3)23-11-6-8-20(15-23)17-31)26(35)33-22-10-7-9-21(16-22)19(2)24-12-4-5-13-32-24;1-2-5-3-4-5/h4-16,19H,1,17,31H2,2-3H3,(H,33,35);5H,2-4H2,1H3/b25-14-;. The number of likely N-dealkylation sites (N-methyl/N-ethyl adjacent to an activating group) is 1. The van der Waals surface area contributed by atoms with Gasteiger partial charge in [-0.1, -0.05) is 70.0 Å². The summed E-state index contributed by atoms with van der Waals surface area (Å²) in [6.07, 6.45) is 2.21. The molecule has 1 amide bonds. The Labute approximate surface area is 234 Å². The molecule has 3 N–H and O–H groups in total. The van der Waals surface area contributed by atoms with Crippen molar-refractivity contribution in [3.63, 3.8) is 0 Å². The highest BCUT2D eigenvalue weighted by Gasteiger charge is 2.32. The van der Waals surface area contributed by atoms with Crippen LogP contribution in [0.5, 0.6) is 0 Å². The highest BCUT2D eigenvalue weighted by Crippen LogP contribution is 2.31. The Kier molecular flexibility index (Phi) is 10.7. The summed E-state index contributed by atoms with van der Waals surface area (Å²) in [7, 11) is 1.52. The number of halogens is 3. The van der Waals surface area contributed by atoms with Gasteiger partial charge in [0.15, 0.2) is 0 Å². The molecular formula is C32H37F3N4O. The Hall–Kier alpha value is -3.91. The molecule has 40 heavy (non-hydrogen) atoms. The molecule has 8 heteroatoms. The lowest BCUT2D eigenvalue weighted by molar-refractivity contribution is -0.112. The summed E-state index contributed by atoms with van der Waals surface area (Å²) in [4.78, 5) is 19.0. The fourth-order valence-electron chi connectivity index (χ4n) is 4.00. The maximum atomic E-state index is 13.3. The summed E-state index contributed by atoms with van der Waals surface area (Å²) in [5.41, 5.74) is 7.84. The van der Waals surface area contributed by atoms with E-state index in [1.807, 2.05) is 31.2 Å². The van der Waals surface area contributed by atoms with E-state index in [1.54, 1.807) is 48.7 Å². The molecule has 1 aliphatic rings. The van der Waals surface area contributed by atoms with E-state index >= 15 is 0 Å². The second-order valence-corrected chi connectivity index (χ2v) is 9.89. The first-order chi connectivity index (χ1) is 19.0. The predicted molar refractivity (Wildman–Crippen MR) is 156 cm³/mol. The Morgan fingerprint density at radius 2 is 1.88 bits per heavy atom. The van der Waals surface area contributed by atoms with Gasteiger partial charge in [0.25, 0.3) is 5.91 Å². The molecule has 1 heterocycles. The number of carbonyl (C=O) groups excluding carboxylic acids is 1. The zero-order valence-corrected chi connectivity index (χ0v) is 23.2. The molecule has 0 bridgehead atoms. The number of carbonyl (C=O) groups is 1. The van der Waals surface area contributed by atoms with Crippen molar-refractivity contribution in [1.82, 2.24) is 4.98 Å². The van der Waals surface area contributed by atoms with Crippen LogP contribution >= 0.6 is 0 Å². The summed E-state index contributed by atoms with van der Waals surface area (Å²) < 4.78 is 39.8. The van der Waals surface area contributed by atoms with Crippen LogP contribution in [0.1, 0.15) is 55.8 Å².